The minimum atomic E-state index is 0.564. The molecule has 2 rings (SSSR count). The Hall–Kier alpha value is -0.0900. The highest BCUT2D eigenvalue weighted by Crippen LogP contribution is 2.32. The Morgan fingerprint density at radius 2 is 2.08 bits per heavy atom. The molecule has 0 aliphatic rings. The van der Waals surface area contributed by atoms with Gasteiger partial charge in [0.05, 0.1) is 14.9 Å². The lowest BCUT2D eigenvalue weighted by molar-refractivity contribution is 1.43. The topological polar surface area (TPSA) is 12.9 Å². The molecule has 0 atom stereocenters. The van der Waals surface area contributed by atoms with E-state index in [2.05, 4.69) is 4.98 Å². The molecule has 0 unspecified atom stereocenters. The molecular weight excluding hydrogens is 233 g/mol. The summed E-state index contributed by atoms with van der Waals surface area (Å²) in [5.41, 5.74) is 0.905. The molecule has 0 amide bonds. The highest BCUT2D eigenvalue weighted by molar-refractivity contribution is 7.20. The lowest BCUT2D eigenvalue weighted by atomic mass is 10.4. The van der Waals surface area contributed by atoms with Gasteiger partial charge in [0.15, 0.2) is 4.47 Å². The van der Waals surface area contributed by atoms with Crippen LogP contribution in [0.3, 0.4) is 0 Å². The first-order chi connectivity index (χ1) is 5.75. The average Bonchev–Trinajstić information content (AvgIpc) is 2.58. The number of hydrogen-bond donors (Lipinski definition) is 0. The Morgan fingerprint density at radius 1 is 1.25 bits per heavy atom. The van der Waals surface area contributed by atoms with Crippen molar-refractivity contribution in [3.05, 3.63) is 26.3 Å². The van der Waals surface area contributed by atoms with Gasteiger partial charge < -0.3 is 0 Å². The molecule has 0 saturated heterocycles. The van der Waals surface area contributed by atoms with Crippen molar-refractivity contribution in [3.63, 3.8) is 0 Å². The molecular formula is C7H3Cl2NS2. The largest absolute Gasteiger partial charge is 0.224 e. The van der Waals surface area contributed by atoms with Crippen LogP contribution in [-0.4, -0.2) is 4.98 Å². The van der Waals surface area contributed by atoms with Crippen molar-refractivity contribution in [2.24, 2.45) is 0 Å². The predicted octanol–water partition coefficient (Wildman–Crippen LogP) is 4.18. The molecule has 0 spiro atoms. The van der Waals surface area contributed by atoms with Gasteiger partial charge in [0, 0.05) is 5.38 Å². The number of hydrogen-bond acceptors (Lipinski definition) is 3. The maximum Gasteiger partial charge on any atom is 0.184 e. The number of thiazole rings is 1. The zero-order chi connectivity index (χ0) is 8.55. The number of halogens is 2. The van der Waals surface area contributed by atoms with Crippen molar-refractivity contribution < 1.29 is 0 Å². The van der Waals surface area contributed by atoms with E-state index in [1.165, 1.54) is 22.7 Å². The number of aromatic nitrogens is 1. The Morgan fingerprint density at radius 3 is 2.58 bits per heavy atom. The van der Waals surface area contributed by atoms with E-state index in [0.717, 1.165) is 14.9 Å². The normalized spacial score (nSPS) is 10.5. The van der Waals surface area contributed by atoms with Gasteiger partial charge in [0.25, 0.3) is 0 Å². The van der Waals surface area contributed by atoms with E-state index in [4.69, 9.17) is 23.2 Å². The second-order valence-corrected chi connectivity index (χ2v) is 5.24. The summed E-state index contributed by atoms with van der Waals surface area (Å²) in [6, 6.07) is 3.80. The van der Waals surface area contributed by atoms with Gasteiger partial charge in [-0.05, 0) is 12.1 Å². The molecule has 2 heterocycles. The fourth-order valence-electron chi connectivity index (χ4n) is 0.817. The zero-order valence-electron chi connectivity index (χ0n) is 5.75. The fourth-order valence-corrected chi connectivity index (χ4v) is 2.66. The third-order valence-electron chi connectivity index (χ3n) is 1.30. The van der Waals surface area contributed by atoms with Crippen LogP contribution in [0.1, 0.15) is 0 Å². The summed E-state index contributed by atoms with van der Waals surface area (Å²) >= 11 is 14.4. The molecule has 0 aromatic carbocycles. The molecule has 12 heavy (non-hydrogen) atoms. The van der Waals surface area contributed by atoms with Crippen molar-refractivity contribution in [3.8, 4) is 10.6 Å². The lowest BCUT2D eigenvalue weighted by Gasteiger charge is -1.84. The van der Waals surface area contributed by atoms with Gasteiger partial charge in [0.1, 0.15) is 0 Å². The van der Waals surface area contributed by atoms with E-state index in [1.54, 1.807) is 0 Å². The molecule has 0 bridgehead atoms. The minimum Gasteiger partial charge on any atom is -0.224 e. The third-order valence-corrected chi connectivity index (χ3v) is 3.53. The van der Waals surface area contributed by atoms with Crippen molar-refractivity contribution in [1.29, 1.82) is 0 Å². The molecule has 0 saturated carbocycles. The van der Waals surface area contributed by atoms with Gasteiger partial charge in [-0.25, -0.2) is 4.98 Å². The summed E-state index contributed by atoms with van der Waals surface area (Å²) in [5, 5.41) is 1.92. The monoisotopic (exact) mass is 235 g/mol. The maximum atomic E-state index is 5.78. The van der Waals surface area contributed by atoms with Gasteiger partial charge in [-0.1, -0.05) is 23.2 Å². The van der Waals surface area contributed by atoms with Crippen LogP contribution >= 0.6 is 45.9 Å². The second kappa shape index (κ2) is 3.34. The van der Waals surface area contributed by atoms with Gasteiger partial charge >= 0.3 is 0 Å². The van der Waals surface area contributed by atoms with E-state index in [9.17, 15) is 0 Å². The van der Waals surface area contributed by atoms with Crippen molar-refractivity contribution >= 4 is 45.9 Å². The summed E-state index contributed by atoms with van der Waals surface area (Å²) in [6.07, 6.45) is 0. The summed E-state index contributed by atoms with van der Waals surface area (Å²) in [5.74, 6) is 0. The summed E-state index contributed by atoms with van der Waals surface area (Å²) < 4.78 is 1.34. The number of rotatable bonds is 1. The van der Waals surface area contributed by atoms with E-state index < -0.39 is 0 Å². The molecule has 5 heteroatoms. The van der Waals surface area contributed by atoms with Gasteiger partial charge in [0.2, 0.25) is 0 Å². The predicted molar refractivity (Wildman–Crippen MR) is 55.4 cm³/mol. The SMILES string of the molecule is Clc1ccc(-c2csc(Cl)n2)s1. The van der Waals surface area contributed by atoms with E-state index in [0.29, 0.717) is 4.47 Å². The second-order valence-electron chi connectivity index (χ2n) is 2.09. The van der Waals surface area contributed by atoms with E-state index >= 15 is 0 Å². The quantitative estimate of drug-likeness (QED) is 0.723. The van der Waals surface area contributed by atoms with Crippen molar-refractivity contribution in [2.75, 3.05) is 0 Å². The summed E-state index contributed by atoms with van der Waals surface area (Å²) in [4.78, 5) is 5.19. The lowest BCUT2D eigenvalue weighted by Crippen LogP contribution is -1.67. The Balaban J connectivity index is 2.43. The van der Waals surface area contributed by atoms with Crippen molar-refractivity contribution in [2.45, 2.75) is 0 Å². The van der Waals surface area contributed by atoms with Crippen LogP contribution in [0, 0.1) is 0 Å². The Labute approximate surface area is 87.6 Å². The number of nitrogens with zero attached hydrogens (tertiary/aromatic N) is 1. The first-order valence-corrected chi connectivity index (χ1v) is 5.57. The van der Waals surface area contributed by atoms with Crippen LogP contribution in [0.2, 0.25) is 8.80 Å². The smallest absolute Gasteiger partial charge is 0.184 e. The molecule has 62 valence electrons. The number of thiophene rings is 1. The average molecular weight is 236 g/mol. The molecule has 2 aromatic heterocycles. The van der Waals surface area contributed by atoms with Crippen LogP contribution in [-0.2, 0) is 0 Å². The molecule has 1 nitrogen and oxygen atoms in total. The molecule has 0 fully saturated rings. The van der Waals surface area contributed by atoms with Gasteiger partial charge in [-0.2, -0.15) is 0 Å². The molecule has 0 radical (unpaired) electrons. The van der Waals surface area contributed by atoms with Crippen LogP contribution in [0.25, 0.3) is 10.6 Å². The first kappa shape index (κ1) is 8.51. The molecule has 0 N–H and O–H groups in total. The molecule has 2 aromatic rings. The fraction of sp³-hybridized carbons (Fsp3) is 0. The van der Waals surface area contributed by atoms with Crippen LogP contribution in [0.15, 0.2) is 17.5 Å². The molecule has 0 aliphatic heterocycles. The zero-order valence-corrected chi connectivity index (χ0v) is 8.90. The van der Waals surface area contributed by atoms with Crippen LogP contribution < -0.4 is 0 Å². The van der Waals surface area contributed by atoms with Crippen LogP contribution in [0.5, 0.6) is 0 Å². The maximum absolute atomic E-state index is 5.78. The summed E-state index contributed by atoms with van der Waals surface area (Å²) in [7, 11) is 0. The highest BCUT2D eigenvalue weighted by Gasteiger charge is 2.04. The third kappa shape index (κ3) is 1.64. The van der Waals surface area contributed by atoms with Crippen molar-refractivity contribution in [1.82, 2.24) is 4.98 Å². The molecule has 0 aliphatic carbocycles. The Kier molecular flexibility index (Phi) is 2.37. The van der Waals surface area contributed by atoms with E-state index in [1.807, 2.05) is 17.5 Å². The van der Waals surface area contributed by atoms with Gasteiger partial charge in [-0.15, -0.1) is 22.7 Å². The summed E-state index contributed by atoms with van der Waals surface area (Å²) in [6.45, 7) is 0. The first-order valence-electron chi connectivity index (χ1n) is 3.12. The van der Waals surface area contributed by atoms with E-state index in [-0.39, 0.29) is 0 Å². The standard InChI is InChI=1S/C7H3Cl2NS2/c8-6-2-1-5(12-6)4-3-11-7(9)10-4/h1-3H. The minimum absolute atomic E-state index is 0.564. The highest BCUT2D eigenvalue weighted by atomic mass is 35.5. The van der Waals surface area contributed by atoms with Crippen LogP contribution in [0.4, 0.5) is 0 Å². The Bertz CT molecular complexity index is 355. The van der Waals surface area contributed by atoms with Gasteiger partial charge in [-0.3, -0.25) is 0 Å².